The molecule has 0 aliphatic rings. The van der Waals surface area contributed by atoms with E-state index in [-0.39, 0.29) is 23.8 Å². The third-order valence-corrected chi connectivity index (χ3v) is 4.65. The molecule has 0 aromatic heterocycles. The van der Waals surface area contributed by atoms with Crippen LogP contribution >= 0.6 is 12.4 Å². The van der Waals surface area contributed by atoms with Gasteiger partial charge in [0.2, 0.25) is 10.0 Å². The highest BCUT2D eigenvalue weighted by Crippen LogP contribution is 2.19. The molecule has 0 saturated carbocycles. The van der Waals surface area contributed by atoms with Crippen LogP contribution in [-0.4, -0.2) is 20.5 Å². The number of fused-ring (bicyclic) bond motifs is 1. The zero-order valence-electron chi connectivity index (χ0n) is 11.5. The second kappa shape index (κ2) is 6.10. The summed E-state index contributed by atoms with van der Waals surface area (Å²) in [6.45, 7) is 3.75. The SMILES string of the molecule is CC(C)(CN)NS(=O)(=O)c1ccc2ccccc2c1.Cl. The Morgan fingerprint density at radius 1 is 1.10 bits per heavy atom. The Morgan fingerprint density at radius 2 is 1.70 bits per heavy atom. The Balaban J connectivity index is 0.00000200. The van der Waals surface area contributed by atoms with Crippen LogP contribution in [0.25, 0.3) is 10.8 Å². The number of hydrogen-bond donors (Lipinski definition) is 2. The lowest BCUT2D eigenvalue weighted by Gasteiger charge is -2.23. The predicted molar refractivity (Wildman–Crippen MR) is 84.7 cm³/mol. The van der Waals surface area contributed by atoms with E-state index in [2.05, 4.69) is 4.72 Å². The van der Waals surface area contributed by atoms with E-state index in [4.69, 9.17) is 5.73 Å². The molecule has 2 aromatic rings. The zero-order valence-corrected chi connectivity index (χ0v) is 13.1. The van der Waals surface area contributed by atoms with Crippen LogP contribution in [0.5, 0.6) is 0 Å². The van der Waals surface area contributed by atoms with Gasteiger partial charge in [-0.05, 0) is 36.8 Å². The summed E-state index contributed by atoms with van der Waals surface area (Å²) in [5.74, 6) is 0. The van der Waals surface area contributed by atoms with Gasteiger partial charge in [-0.3, -0.25) is 0 Å². The minimum Gasteiger partial charge on any atom is -0.329 e. The van der Waals surface area contributed by atoms with Crippen molar-refractivity contribution in [2.24, 2.45) is 5.73 Å². The molecule has 0 saturated heterocycles. The maximum atomic E-state index is 12.3. The highest BCUT2D eigenvalue weighted by molar-refractivity contribution is 7.89. The van der Waals surface area contributed by atoms with Crippen molar-refractivity contribution < 1.29 is 8.42 Å². The van der Waals surface area contributed by atoms with E-state index in [0.29, 0.717) is 0 Å². The third-order valence-electron chi connectivity index (χ3n) is 2.95. The van der Waals surface area contributed by atoms with E-state index in [1.807, 2.05) is 24.3 Å². The summed E-state index contributed by atoms with van der Waals surface area (Å²) < 4.78 is 27.2. The zero-order chi connectivity index (χ0) is 14.1. The first-order valence-electron chi connectivity index (χ1n) is 6.07. The molecule has 0 unspecified atom stereocenters. The maximum Gasteiger partial charge on any atom is 0.241 e. The van der Waals surface area contributed by atoms with Crippen molar-refractivity contribution in [2.75, 3.05) is 6.54 Å². The fourth-order valence-electron chi connectivity index (χ4n) is 1.80. The van der Waals surface area contributed by atoms with Crippen molar-refractivity contribution in [3.63, 3.8) is 0 Å². The van der Waals surface area contributed by atoms with E-state index in [0.717, 1.165) is 10.8 Å². The summed E-state index contributed by atoms with van der Waals surface area (Å²) in [5.41, 5.74) is 4.89. The number of sulfonamides is 1. The molecule has 2 aromatic carbocycles. The highest BCUT2D eigenvalue weighted by Gasteiger charge is 2.24. The van der Waals surface area contributed by atoms with Gasteiger partial charge in [-0.15, -0.1) is 12.4 Å². The summed E-state index contributed by atoms with van der Waals surface area (Å²) in [6, 6.07) is 12.7. The smallest absolute Gasteiger partial charge is 0.241 e. The van der Waals surface area contributed by atoms with Gasteiger partial charge in [-0.1, -0.05) is 30.3 Å². The fourth-order valence-corrected chi connectivity index (χ4v) is 3.26. The van der Waals surface area contributed by atoms with Crippen molar-refractivity contribution in [3.05, 3.63) is 42.5 Å². The lowest BCUT2D eigenvalue weighted by Crippen LogP contribution is -2.48. The quantitative estimate of drug-likeness (QED) is 0.909. The standard InChI is InChI=1S/C14H18N2O2S.ClH/c1-14(2,10-15)16-19(17,18)13-8-7-11-5-3-4-6-12(11)9-13;/h3-9,16H,10,15H2,1-2H3;1H. The monoisotopic (exact) mass is 314 g/mol. The van der Waals surface area contributed by atoms with Crippen molar-refractivity contribution in [1.82, 2.24) is 4.72 Å². The molecule has 0 bridgehead atoms. The Hall–Kier alpha value is -1.14. The third kappa shape index (κ3) is 3.70. The van der Waals surface area contributed by atoms with Gasteiger partial charge in [0.05, 0.1) is 4.90 Å². The summed E-state index contributed by atoms with van der Waals surface area (Å²) >= 11 is 0. The average Bonchev–Trinajstić information content (AvgIpc) is 2.37. The Morgan fingerprint density at radius 3 is 2.30 bits per heavy atom. The number of nitrogens with one attached hydrogen (secondary N) is 1. The van der Waals surface area contributed by atoms with Crippen LogP contribution in [0, 0.1) is 0 Å². The highest BCUT2D eigenvalue weighted by atomic mass is 35.5. The van der Waals surface area contributed by atoms with Gasteiger partial charge in [0, 0.05) is 12.1 Å². The molecule has 3 N–H and O–H groups in total. The van der Waals surface area contributed by atoms with E-state index >= 15 is 0 Å². The van der Waals surface area contributed by atoms with E-state index in [1.54, 1.807) is 32.0 Å². The average molecular weight is 315 g/mol. The molecule has 0 spiro atoms. The largest absolute Gasteiger partial charge is 0.329 e. The normalized spacial score (nSPS) is 12.2. The molecule has 0 fully saturated rings. The maximum absolute atomic E-state index is 12.3. The van der Waals surface area contributed by atoms with Crippen LogP contribution in [0.3, 0.4) is 0 Å². The number of rotatable bonds is 4. The van der Waals surface area contributed by atoms with E-state index < -0.39 is 15.6 Å². The minimum atomic E-state index is -3.55. The van der Waals surface area contributed by atoms with Crippen LogP contribution in [-0.2, 0) is 10.0 Å². The van der Waals surface area contributed by atoms with Crippen molar-refractivity contribution in [1.29, 1.82) is 0 Å². The first-order chi connectivity index (χ1) is 8.84. The van der Waals surface area contributed by atoms with Crippen LogP contribution < -0.4 is 10.5 Å². The molecule has 0 atom stereocenters. The van der Waals surface area contributed by atoms with Crippen LogP contribution in [0.1, 0.15) is 13.8 Å². The molecule has 2 rings (SSSR count). The summed E-state index contributed by atoms with van der Waals surface area (Å²) in [5, 5.41) is 1.91. The van der Waals surface area contributed by atoms with Crippen LogP contribution in [0.4, 0.5) is 0 Å². The lowest BCUT2D eigenvalue weighted by atomic mass is 10.1. The molecule has 0 aliphatic carbocycles. The van der Waals surface area contributed by atoms with Crippen LogP contribution in [0.2, 0.25) is 0 Å². The molecule has 0 heterocycles. The molecular weight excluding hydrogens is 296 g/mol. The van der Waals surface area contributed by atoms with Crippen molar-refractivity contribution in [3.8, 4) is 0 Å². The van der Waals surface area contributed by atoms with Gasteiger partial charge < -0.3 is 5.73 Å². The van der Waals surface area contributed by atoms with Gasteiger partial charge in [0.1, 0.15) is 0 Å². The molecule has 0 radical (unpaired) electrons. The Kier molecular flexibility index (Phi) is 5.15. The first kappa shape index (κ1) is 16.9. The molecule has 110 valence electrons. The van der Waals surface area contributed by atoms with Gasteiger partial charge >= 0.3 is 0 Å². The van der Waals surface area contributed by atoms with Gasteiger partial charge in [0.15, 0.2) is 0 Å². The molecule has 0 aliphatic heterocycles. The number of halogens is 1. The molecule has 4 nitrogen and oxygen atoms in total. The van der Waals surface area contributed by atoms with Crippen molar-refractivity contribution in [2.45, 2.75) is 24.3 Å². The summed E-state index contributed by atoms with van der Waals surface area (Å²) in [6.07, 6.45) is 0. The van der Waals surface area contributed by atoms with Crippen LogP contribution in [0.15, 0.2) is 47.4 Å². The second-order valence-electron chi connectivity index (χ2n) is 5.20. The fraction of sp³-hybridized carbons (Fsp3) is 0.286. The van der Waals surface area contributed by atoms with E-state index in [9.17, 15) is 8.42 Å². The number of nitrogens with two attached hydrogens (primary N) is 1. The first-order valence-corrected chi connectivity index (χ1v) is 7.55. The molecule has 6 heteroatoms. The lowest BCUT2D eigenvalue weighted by molar-refractivity contribution is 0.462. The van der Waals surface area contributed by atoms with Crippen molar-refractivity contribution >= 4 is 33.2 Å². The van der Waals surface area contributed by atoms with Gasteiger partial charge in [0.25, 0.3) is 0 Å². The summed E-state index contributed by atoms with van der Waals surface area (Å²) in [7, 11) is -3.55. The molecular formula is C14H19ClN2O2S. The second-order valence-corrected chi connectivity index (χ2v) is 6.88. The number of hydrogen-bond acceptors (Lipinski definition) is 3. The minimum absolute atomic E-state index is 0. The number of benzene rings is 2. The topological polar surface area (TPSA) is 72.2 Å². The summed E-state index contributed by atoms with van der Waals surface area (Å²) in [4.78, 5) is 0.257. The predicted octanol–water partition coefficient (Wildman–Crippen LogP) is 2.28. The van der Waals surface area contributed by atoms with Gasteiger partial charge in [-0.2, -0.15) is 0 Å². The van der Waals surface area contributed by atoms with E-state index in [1.165, 1.54) is 0 Å². The molecule has 20 heavy (non-hydrogen) atoms. The Labute approximate surface area is 125 Å². The van der Waals surface area contributed by atoms with Gasteiger partial charge in [-0.25, -0.2) is 13.1 Å². The Bertz CT molecular complexity index is 699. The molecule has 0 amide bonds.